The number of nitro groups is 2. The van der Waals surface area contributed by atoms with Gasteiger partial charge in [-0.25, -0.2) is 9.79 Å². The third kappa shape index (κ3) is 3.67. The molecule has 0 saturated heterocycles. The molecular weight excluding hydrogens is 394 g/mol. The van der Waals surface area contributed by atoms with E-state index in [-0.39, 0.29) is 39.3 Å². The lowest BCUT2D eigenvalue weighted by Crippen LogP contribution is -2.06. The molecule has 0 amide bonds. The number of methoxy groups -OCH3 is 1. The largest absolute Gasteiger partial charge is 0.490 e. The van der Waals surface area contributed by atoms with Crippen molar-refractivity contribution in [3.05, 3.63) is 78.5 Å². The number of carbonyl (C=O) groups excluding carboxylic acids is 1. The molecule has 2 aromatic carbocycles. The Bertz CT molecular complexity index is 1080. The average molecular weight is 404 g/mol. The quantitative estimate of drug-likeness (QED) is 0.322. The van der Waals surface area contributed by atoms with E-state index < -0.39 is 15.8 Å². The van der Waals surface area contributed by atoms with Crippen molar-refractivity contribution in [2.75, 3.05) is 7.11 Å². The fourth-order valence-corrected chi connectivity index (χ4v) is 2.60. The second-order valence-electron chi connectivity index (χ2n) is 5.45. The van der Waals surface area contributed by atoms with Crippen molar-refractivity contribution in [1.29, 1.82) is 0 Å². The number of rotatable bonds is 5. The molecule has 0 bridgehead atoms. The molecule has 0 fully saturated rings. The van der Waals surface area contributed by atoms with Gasteiger partial charge in [0, 0.05) is 17.7 Å². The third-order valence-corrected chi connectivity index (χ3v) is 4.03. The Morgan fingerprint density at radius 1 is 1.11 bits per heavy atom. The van der Waals surface area contributed by atoms with Crippen molar-refractivity contribution < 1.29 is 24.1 Å². The molecule has 28 heavy (non-hydrogen) atoms. The van der Waals surface area contributed by atoms with E-state index in [1.54, 1.807) is 0 Å². The van der Waals surface area contributed by atoms with Crippen LogP contribution in [0.15, 0.2) is 47.1 Å². The Labute approximate surface area is 162 Å². The van der Waals surface area contributed by atoms with Gasteiger partial charge in [0.05, 0.1) is 17.0 Å². The van der Waals surface area contributed by atoms with Crippen molar-refractivity contribution in [3.8, 4) is 5.75 Å². The van der Waals surface area contributed by atoms with E-state index in [2.05, 4.69) is 4.99 Å². The maximum Gasteiger partial charge on any atom is 0.363 e. The smallest absolute Gasteiger partial charge is 0.363 e. The zero-order valence-electron chi connectivity index (χ0n) is 14.1. The molecule has 0 atom stereocenters. The molecule has 0 radical (unpaired) electrons. The number of nitro benzene ring substituents is 2. The minimum absolute atomic E-state index is 0.0683. The average Bonchev–Trinajstić information content (AvgIpc) is 3.02. The standard InChI is InChI=1S/C17H10ClN3O7/c1-27-15-5-2-9(7-14(15)21(25)26)6-12-17(22)28-16(19-12)10-3-4-11(18)13(8-10)20(23)24/h2-8H,1H3/b12-6-. The summed E-state index contributed by atoms with van der Waals surface area (Å²) < 4.78 is 9.97. The minimum Gasteiger partial charge on any atom is -0.490 e. The van der Waals surface area contributed by atoms with Crippen LogP contribution in [0, 0.1) is 20.2 Å². The number of aliphatic imine (C=N–C) groups is 1. The predicted octanol–water partition coefficient (Wildman–Crippen LogP) is 3.51. The molecule has 142 valence electrons. The first-order valence-corrected chi connectivity index (χ1v) is 7.97. The molecule has 3 rings (SSSR count). The van der Waals surface area contributed by atoms with E-state index in [9.17, 15) is 25.0 Å². The Morgan fingerprint density at radius 3 is 2.46 bits per heavy atom. The summed E-state index contributed by atoms with van der Waals surface area (Å²) in [5.74, 6) is -0.871. The fourth-order valence-electron chi connectivity index (χ4n) is 2.42. The van der Waals surface area contributed by atoms with Crippen LogP contribution in [-0.4, -0.2) is 28.8 Å². The highest BCUT2D eigenvalue weighted by molar-refractivity contribution is 6.32. The molecule has 0 aliphatic carbocycles. The lowest BCUT2D eigenvalue weighted by Gasteiger charge is -2.02. The fraction of sp³-hybridized carbons (Fsp3) is 0.0588. The van der Waals surface area contributed by atoms with Gasteiger partial charge in [0.2, 0.25) is 5.90 Å². The summed E-state index contributed by atoms with van der Waals surface area (Å²) in [7, 11) is 1.30. The summed E-state index contributed by atoms with van der Waals surface area (Å²) in [5.41, 5.74) is -0.242. The van der Waals surface area contributed by atoms with Gasteiger partial charge in [-0.3, -0.25) is 20.2 Å². The van der Waals surface area contributed by atoms with Gasteiger partial charge < -0.3 is 9.47 Å². The number of hydrogen-bond donors (Lipinski definition) is 0. The molecule has 0 spiro atoms. The number of benzene rings is 2. The normalized spacial score (nSPS) is 14.6. The summed E-state index contributed by atoms with van der Waals surface area (Å²) in [6.07, 6.45) is 1.30. The van der Waals surface area contributed by atoms with Crippen LogP contribution in [0.3, 0.4) is 0 Å². The van der Waals surface area contributed by atoms with Gasteiger partial charge in [0.1, 0.15) is 5.02 Å². The van der Waals surface area contributed by atoms with E-state index in [0.717, 1.165) is 6.07 Å². The molecule has 0 N–H and O–H groups in total. The maximum absolute atomic E-state index is 12.1. The van der Waals surface area contributed by atoms with E-state index in [1.807, 2.05) is 0 Å². The SMILES string of the molecule is COc1ccc(/C=C2\N=C(c3ccc(Cl)c([N+](=O)[O-])c3)OC2=O)cc1[N+](=O)[O-]. The van der Waals surface area contributed by atoms with Gasteiger partial charge >= 0.3 is 11.7 Å². The Balaban J connectivity index is 1.98. The first kappa shape index (κ1) is 19.0. The second-order valence-corrected chi connectivity index (χ2v) is 5.85. The number of halogens is 1. The van der Waals surface area contributed by atoms with Crippen molar-refractivity contribution in [2.24, 2.45) is 4.99 Å². The van der Waals surface area contributed by atoms with Gasteiger partial charge in [0.25, 0.3) is 5.69 Å². The van der Waals surface area contributed by atoms with Crippen LogP contribution in [0.25, 0.3) is 6.08 Å². The molecule has 1 aliphatic rings. The molecular formula is C17H10ClN3O7. The number of ether oxygens (including phenoxy) is 2. The first-order valence-electron chi connectivity index (χ1n) is 7.59. The van der Waals surface area contributed by atoms with E-state index in [4.69, 9.17) is 21.1 Å². The van der Waals surface area contributed by atoms with E-state index in [0.29, 0.717) is 5.56 Å². The third-order valence-electron chi connectivity index (χ3n) is 3.71. The lowest BCUT2D eigenvalue weighted by atomic mass is 10.1. The number of hydrogen-bond acceptors (Lipinski definition) is 8. The van der Waals surface area contributed by atoms with E-state index >= 15 is 0 Å². The highest BCUT2D eigenvalue weighted by Gasteiger charge is 2.26. The summed E-state index contributed by atoms with van der Waals surface area (Å²) in [6, 6.07) is 7.96. The molecule has 1 aliphatic heterocycles. The van der Waals surface area contributed by atoms with Crippen molar-refractivity contribution >= 4 is 40.9 Å². The van der Waals surface area contributed by atoms with Gasteiger partial charge in [-0.15, -0.1) is 0 Å². The summed E-state index contributed by atoms with van der Waals surface area (Å²) in [6.45, 7) is 0. The van der Waals surface area contributed by atoms with Crippen molar-refractivity contribution in [2.45, 2.75) is 0 Å². The van der Waals surface area contributed by atoms with Crippen LogP contribution >= 0.6 is 11.6 Å². The number of carbonyl (C=O) groups is 1. The van der Waals surface area contributed by atoms with Crippen molar-refractivity contribution in [1.82, 2.24) is 0 Å². The number of esters is 1. The van der Waals surface area contributed by atoms with Crippen LogP contribution in [0.4, 0.5) is 11.4 Å². The minimum atomic E-state index is -0.800. The van der Waals surface area contributed by atoms with Crippen LogP contribution in [0.1, 0.15) is 11.1 Å². The summed E-state index contributed by atoms with van der Waals surface area (Å²) in [4.78, 5) is 36.9. The molecule has 10 nitrogen and oxygen atoms in total. The van der Waals surface area contributed by atoms with E-state index in [1.165, 1.54) is 43.5 Å². The molecule has 0 unspecified atom stereocenters. The summed E-state index contributed by atoms with van der Waals surface area (Å²) in [5, 5.41) is 22.0. The van der Waals surface area contributed by atoms with Gasteiger partial charge in [-0.2, -0.15) is 0 Å². The molecule has 0 saturated carbocycles. The number of nitrogens with zero attached hydrogens (tertiary/aromatic N) is 3. The van der Waals surface area contributed by atoms with Gasteiger partial charge in [-0.1, -0.05) is 17.7 Å². The van der Waals surface area contributed by atoms with Gasteiger partial charge in [-0.05, 0) is 29.8 Å². The Hall–Kier alpha value is -3.79. The van der Waals surface area contributed by atoms with Crippen molar-refractivity contribution in [3.63, 3.8) is 0 Å². The Kier molecular flexibility index (Phi) is 5.05. The number of cyclic esters (lactones) is 1. The lowest BCUT2D eigenvalue weighted by molar-refractivity contribution is -0.385. The summed E-state index contributed by atoms with van der Waals surface area (Å²) >= 11 is 5.76. The second kappa shape index (κ2) is 7.45. The first-order chi connectivity index (χ1) is 13.3. The van der Waals surface area contributed by atoms with Gasteiger partial charge in [0.15, 0.2) is 11.4 Å². The zero-order chi connectivity index (χ0) is 20.4. The monoisotopic (exact) mass is 403 g/mol. The van der Waals surface area contributed by atoms with Crippen LogP contribution in [0.5, 0.6) is 5.75 Å². The molecule has 11 heteroatoms. The molecule has 1 heterocycles. The van der Waals surface area contributed by atoms with Crippen LogP contribution in [0.2, 0.25) is 5.02 Å². The Morgan fingerprint density at radius 2 is 1.82 bits per heavy atom. The zero-order valence-corrected chi connectivity index (χ0v) is 14.9. The topological polar surface area (TPSA) is 134 Å². The maximum atomic E-state index is 12.1. The predicted molar refractivity (Wildman–Crippen MR) is 98.4 cm³/mol. The highest BCUT2D eigenvalue weighted by Crippen LogP contribution is 2.30. The highest BCUT2D eigenvalue weighted by atomic mass is 35.5. The van der Waals surface area contributed by atoms with Crippen LogP contribution < -0.4 is 4.74 Å². The van der Waals surface area contributed by atoms with Crippen LogP contribution in [-0.2, 0) is 9.53 Å². The molecule has 2 aromatic rings. The molecule has 0 aromatic heterocycles.